The van der Waals surface area contributed by atoms with Crippen molar-refractivity contribution in [3.63, 3.8) is 0 Å². The van der Waals surface area contributed by atoms with Crippen molar-refractivity contribution in [1.82, 2.24) is 5.32 Å². The van der Waals surface area contributed by atoms with E-state index in [0.29, 0.717) is 12.1 Å². The van der Waals surface area contributed by atoms with Crippen molar-refractivity contribution in [2.75, 3.05) is 26.9 Å². The van der Waals surface area contributed by atoms with Gasteiger partial charge >= 0.3 is 0 Å². The first-order valence-electron chi connectivity index (χ1n) is 7.16. The van der Waals surface area contributed by atoms with Crippen molar-refractivity contribution in [1.29, 1.82) is 0 Å². The minimum absolute atomic E-state index is 0.423. The van der Waals surface area contributed by atoms with Gasteiger partial charge in [-0.15, -0.1) is 0 Å². The average Bonchev–Trinajstić information content (AvgIpc) is 2.38. The molecule has 2 aliphatic rings. The standard InChI is InChI=1S/C14H27NO2/c1-11-3-4-13(15-2)14(9-11)17-10-12-5-7-16-8-6-12/h11-15H,3-10H2,1-2H3. The molecule has 0 bridgehead atoms. The van der Waals surface area contributed by atoms with Crippen LogP contribution in [0.25, 0.3) is 0 Å². The summed E-state index contributed by atoms with van der Waals surface area (Å²) < 4.78 is 11.6. The van der Waals surface area contributed by atoms with E-state index in [1.54, 1.807) is 0 Å². The molecule has 1 aliphatic heterocycles. The molecule has 0 radical (unpaired) electrons. The Morgan fingerprint density at radius 3 is 2.65 bits per heavy atom. The fourth-order valence-corrected chi connectivity index (χ4v) is 3.02. The highest BCUT2D eigenvalue weighted by Crippen LogP contribution is 2.27. The molecule has 1 heterocycles. The van der Waals surface area contributed by atoms with Crippen molar-refractivity contribution in [3.8, 4) is 0 Å². The first-order chi connectivity index (χ1) is 8.29. The molecule has 1 saturated heterocycles. The van der Waals surface area contributed by atoms with E-state index < -0.39 is 0 Å². The maximum Gasteiger partial charge on any atom is 0.0730 e. The van der Waals surface area contributed by atoms with Gasteiger partial charge in [0.25, 0.3) is 0 Å². The van der Waals surface area contributed by atoms with Crippen molar-refractivity contribution in [2.45, 2.75) is 51.2 Å². The Labute approximate surface area is 105 Å². The molecular formula is C14H27NO2. The topological polar surface area (TPSA) is 30.5 Å². The lowest BCUT2D eigenvalue weighted by Crippen LogP contribution is -2.44. The Hall–Kier alpha value is -0.120. The maximum absolute atomic E-state index is 6.18. The van der Waals surface area contributed by atoms with Crippen LogP contribution in [0.2, 0.25) is 0 Å². The van der Waals surface area contributed by atoms with Crippen LogP contribution in [-0.4, -0.2) is 39.0 Å². The van der Waals surface area contributed by atoms with Gasteiger partial charge in [-0.2, -0.15) is 0 Å². The molecule has 3 nitrogen and oxygen atoms in total. The Bertz CT molecular complexity index is 216. The van der Waals surface area contributed by atoms with Gasteiger partial charge in [-0.3, -0.25) is 0 Å². The van der Waals surface area contributed by atoms with Crippen LogP contribution >= 0.6 is 0 Å². The number of rotatable bonds is 4. The lowest BCUT2D eigenvalue weighted by atomic mass is 9.85. The molecule has 100 valence electrons. The third-order valence-corrected chi connectivity index (χ3v) is 4.31. The van der Waals surface area contributed by atoms with Crippen LogP contribution < -0.4 is 5.32 Å². The molecule has 17 heavy (non-hydrogen) atoms. The number of ether oxygens (including phenoxy) is 2. The van der Waals surface area contributed by atoms with Crippen LogP contribution in [0.3, 0.4) is 0 Å². The first kappa shape index (κ1) is 13.3. The smallest absolute Gasteiger partial charge is 0.0730 e. The normalized spacial score (nSPS) is 36.0. The highest BCUT2D eigenvalue weighted by atomic mass is 16.5. The zero-order chi connectivity index (χ0) is 12.1. The molecule has 3 heteroatoms. The molecule has 2 fully saturated rings. The van der Waals surface area contributed by atoms with Crippen molar-refractivity contribution < 1.29 is 9.47 Å². The second-order valence-electron chi connectivity index (χ2n) is 5.74. The highest BCUT2D eigenvalue weighted by molar-refractivity contribution is 4.83. The molecule has 3 unspecified atom stereocenters. The molecular weight excluding hydrogens is 214 g/mol. The van der Waals surface area contributed by atoms with Gasteiger partial charge < -0.3 is 14.8 Å². The summed E-state index contributed by atoms with van der Waals surface area (Å²) in [6, 6.07) is 0.561. The largest absolute Gasteiger partial charge is 0.381 e. The van der Waals surface area contributed by atoms with Crippen molar-refractivity contribution in [3.05, 3.63) is 0 Å². The average molecular weight is 241 g/mol. The molecule has 0 amide bonds. The molecule has 0 spiro atoms. The molecule has 2 rings (SSSR count). The summed E-state index contributed by atoms with van der Waals surface area (Å²) in [5.41, 5.74) is 0. The highest BCUT2D eigenvalue weighted by Gasteiger charge is 2.29. The van der Waals surface area contributed by atoms with E-state index in [-0.39, 0.29) is 0 Å². The second kappa shape index (κ2) is 6.72. The van der Waals surface area contributed by atoms with E-state index in [2.05, 4.69) is 19.3 Å². The number of nitrogens with one attached hydrogen (secondary N) is 1. The SMILES string of the molecule is CNC1CCC(C)CC1OCC1CCOCC1. The Morgan fingerprint density at radius 1 is 1.18 bits per heavy atom. The summed E-state index contributed by atoms with van der Waals surface area (Å²) in [5.74, 6) is 1.54. The Morgan fingerprint density at radius 2 is 1.94 bits per heavy atom. The van der Waals surface area contributed by atoms with E-state index in [4.69, 9.17) is 9.47 Å². The van der Waals surface area contributed by atoms with Crippen molar-refractivity contribution >= 4 is 0 Å². The minimum atomic E-state index is 0.423. The molecule has 1 N–H and O–H groups in total. The van der Waals surface area contributed by atoms with Crippen LogP contribution in [0.5, 0.6) is 0 Å². The fraction of sp³-hybridized carbons (Fsp3) is 1.00. The van der Waals surface area contributed by atoms with Gasteiger partial charge in [0.05, 0.1) is 12.7 Å². The summed E-state index contributed by atoms with van der Waals surface area (Å²) in [7, 11) is 2.06. The third kappa shape index (κ3) is 3.94. The van der Waals surface area contributed by atoms with Crippen LogP contribution in [0.4, 0.5) is 0 Å². The summed E-state index contributed by atoms with van der Waals surface area (Å²) >= 11 is 0. The van der Waals surface area contributed by atoms with E-state index in [0.717, 1.165) is 31.7 Å². The van der Waals surface area contributed by atoms with Crippen LogP contribution in [0, 0.1) is 11.8 Å². The maximum atomic E-state index is 6.18. The van der Waals surface area contributed by atoms with Gasteiger partial charge in [-0.05, 0) is 51.0 Å². The summed E-state index contributed by atoms with van der Waals surface area (Å²) in [4.78, 5) is 0. The zero-order valence-electron chi connectivity index (χ0n) is 11.3. The summed E-state index contributed by atoms with van der Waals surface area (Å²) in [5, 5.41) is 3.41. The quantitative estimate of drug-likeness (QED) is 0.818. The van der Waals surface area contributed by atoms with Gasteiger partial charge in [-0.1, -0.05) is 6.92 Å². The number of hydrogen-bond donors (Lipinski definition) is 1. The Balaban J connectivity index is 1.74. The monoisotopic (exact) mass is 241 g/mol. The summed E-state index contributed by atoms with van der Waals surface area (Å²) in [6.45, 7) is 5.12. The Kier molecular flexibility index (Phi) is 5.26. The van der Waals surface area contributed by atoms with Gasteiger partial charge in [0, 0.05) is 19.3 Å². The number of hydrogen-bond acceptors (Lipinski definition) is 3. The third-order valence-electron chi connectivity index (χ3n) is 4.31. The first-order valence-corrected chi connectivity index (χ1v) is 7.16. The summed E-state index contributed by atoms with van der Waals surface area (Å²) in [6.07, 6.45) is 6.58. The molecule has 0 aromatic heterocycles. The van der Waals surface area contributed by atoms with Gasteiger partial charge in [0.15, 0.2) is 0 Å². The van der Waals surface area contributed by atoms with Crippen LogP contribution in [0.15, 0.2) is 0 Å². The van der Waals surface area contributed by atoms with Gasteiger partial charge in [-0.25, -0.2) is 0 Å². The van der Waals surface area contributed by atoms with Crippen molar-refractivity contribution in [2.24, 2.45) is 11.8 Å². The molecule has 1 saturated carbocycles. The van der Waals surface area contributed by atoms with E-state index >= 15 is 0 Å². The molecule has 3 atom stereocenters. The molecule has 1 aliphatic carbocycles. The van der Waals surface area contributed by atoms with Gasteiger partial charge in [0.2, 0.25) is 0 Å². The predicted octanol–water partition coefficient (Wildman–Crippen LogP) is 2.21. The zero-order valence-corrected chi connectivity index (χ0v) is 11.3. The lowest BCUT2D eigenvalue weighted by molar-refractivity contribution is -0.0424. The lowest BCUT2D eigenvalue weighted by Gasteiger charge is -2.35. The molecule has 0 aromatic carbocycles. The molecule has 0 aromatic rings. The van der Waals surface area contributed by atoms with Crippen LogP contribution in [0.1, 0.15) is 39.0 Å². The second-order valence-corrected chi connectivity index (χ2v) is 5.74. The predicted molar refractivity (Wildman–Crippen MR) is 69.1 cm³/mol. The fourth-order valence-electron chi connectivity index (χ4n) is 3.02. The number of likely N-dealkylation sites (N-methyl/N-ethyl adjacent to an activating group) is 1. The van der Waals surface area contributed by atoms with Crippen LogP contribution in [-0.2, 0) is 9.47 Å². The van der Waals surface area contributed by atoms with E-state index in [9.17, 15) is 0 Å². The minimum Gasteiger partial charge on any atom is -0.381 e. The van der Waals surface area contributed by atoms with E-state index in [1.165, 1.54) is 32.1 Å². The van der Waals surface area contributed by atoms with Gasteiger partial charge in [0.1, 0.15) is 0 Å². The van der Waals surface area contributed by atoms with E-state index in [1.807, 2.05) is 0 Å².